The van der Waals surface area contributed by atoms with E-state index in [4.69, 9.17) is 0 Å². The van der Waals surface area contributed by atoms with Crippen LogP contribution in [0.25, 0.3) is 0 Å². The maximum absolute atomic E-state index is 11.4. The summed E-state index contributed by atoms with van der Waals surface area (Å²) in [6, 6.07) is 3.31. The van der Waals surface area contributed by atoms with Crippen LogP contribution in [-0.2, 0) is 11.2 Å². The molecular weight excluding hydrogens is 270 g/mol. The van der Waals surface area contributed by atoms with Crippen LogP contribution in [0.5, 0.6) is 0 Å². The molecular formula is C15H19N3O3. The van der Waals surface area contributed by atoms with Gasteiger partial charge in [-0.25, -0.2) is 0 Å². The highest BCUT2D eigenvalue weighted by Crippen LogP contribution is 2.39. The Kier molecular flexibility index (Phi) is 3.31. The Balaban J connectivity index is 1.98. The third kappa shape index (κ3) is 2.70. The second-order valence-corrected chi connectivity index (χ2v) is 6.22. The smallest absolute Gasteiger partial charge is 0.294 e. The molecule has 6 heteroatoms. The van der Waals surface area contributed by atoms with E-state index in [-0.39, 0.29) is 22.1 Å². The van der Waals surface area contributed by atoms with Crippen LogP contribution in [0.1, 0.15) is 44.6 Å². The molecule has 1 aliphatic carbocycles. The van der Waals surface area contributed by atoms with Crippen LogP contribution in [0.2, 0.25) is 0 Å². The summed E-state index contributed by atoms with van der Waals surface area (Å²) in [7, 11) is 0. The molecule has 0 saturated heterocycles. The third-order valence-electron chi connectivity index (χ3n) is 4.46. The minimum absolute atomic E-state index is 0.0316. The van der Waals surface area contributed by atoms with Crippen LogP contribution in [0.15, 0.2) is 12.1 Å². The molecule has 1 aliphatic heterocycles. The van der Waals surface area contributed by atoms with Gasteiger partial charge in [-0.1, -0.05) is 12.8 Å². The summed E-state index contributed by atoms with van der Waals surface area (Å²) < 4.78 is 0. The van der Waals surface area contributed by atoms with Gasteiger partial charge in [-0.05, 0) is 37.8 Å². The van der Waals surface area contributed by atoms with Crippen molar-refractivity contribution in [3.05, 3.63) is 27.8 Å². The van der Waals surface area contributed by atoms with E-state index in [1.54, 1.807) is 0 Å². The SMILES string of the molecule is CC1(Nc2cc3c(cc2[N+](=O)[O-])NC(=O)CC3)CCCC1. The lowest BCUT2D eigenvalue weighted by Crippen LogP contribution is -2.31. The third-order valence-corrected chi connectivity index (χ3v) is 4.46. The number of nitro groups is 1. The van der Waals surface area contributed by atoms with E-state index in [2.05, 4.69) is 17.6 Å². The first kappa shape index (κ1) is 13.9. The van der Waals surface area contributed by atoms with Crippen LogP contribution in [0.3, 0.4) is 0 Å². The van der Waals surface area contributed by atoms with Gasteiger partial charge in [-0.15, -0.1) is 0 Å². The molecule has 2 N–H and O–H groups in total. The number of amides is 1. The topological polar surface area (TPSA) is 84.3 Å². The lowest BCUT2D eigenvalue weighted by Gasteiger charge is -2.27. The van der Waals surface area contributed by atoms with Gasteiger partial charge in [0.25, 0.3) is 5.69 Å². The Morgan fingerprint density at radius 1 is 1.29 bits per heavy atom. The molecule has 112 valence electrons. The number of benzene rings is 1. The van der Waals surface area contributed by atoms with E-state index in [0.29, 0.717) is 24.2 Å². The van der Waals surface area contributed by atoms with Crippen LogP contribution in [-0.4, -0.2) is 16.4 Å². The van der Waals surface area contributed by atoms with Gasteiger partial charge in [0.2, 0.25) is 5.91 Å². The van der Waals surface area contributed by atoms with Gasteiger partial charge in [-0.3, -0.25) is 14.9 Å². The molecule has 1 fully saturated rings. The Morgan fingerprint density at radius 3 is 2.67 bits per heavy atom. The summed E-state index contributed by atoms with van der Waals surface area (Å²) in [4.78, 5) is 22.4. The zero-order chi connectivity index (χ0) is 15.0. The Labute approximate surface area is 123 Å². The van der Waals surface area contributed by atoms with Crippen LogP contribution in [0, 0.1) is 10.1 Å². The Hall–Kier alpha value is -2.11. The molecule has 1 aromatic rings. The number of carbonyl (C=O) groups is 1. The number of carbonyl (C=O) groups excluding carboxylic acids is 1. The largest absolute Gasteiger partial charge is 0.374 e. The molecule has 0 unspecified atom stereocenters. The van der Waals surface area contributed by atoms with Crippen molar-refractivity contribution in [1.82, 2.24) is 0 Å². The number of nitrogens with one attached hydrogen (secondary N) is 2. The van der Waals surface area contributed by atoms with Crippen LogP contribution >= 0.6 is 0 Å². The molecule has 21 heavy (non-hydrogen) atoms. The molecule has 0 bridgehead atoms. The fourth-order valence-corrected chi connectivity index (χ4v) is 3.27. The minimum Gasteiger partial charge on any atom is -0.374 e. The summed E-state index contributed by atoms with van der Waals surface area (Å²) in [5.41, 5.74) is 2.06. The average molecular weight is 289 g/mol. The van der Waals surface area contributed by atoms with Crippen molar-refractivity contribution in [2.75, 3.05) is 10.6 Å². The molecule has 0 radical (unpaired) electrons. The van der Waals surface area contributed by atoms with Crippen molar-refractivity contribution in [1.29, 1.82) is 0 Å². The zero-order valence-corrected chi connectivity index (χ0v) is 12.1. The van der Waals surface area contributed by atoms with Gasteiger partial charge in [0.1, 0.15) is 5.69 Å². The van der Waals surface area contributed by atoms with Gasteiger partial charge in [-0.2, -0.15) is 0 Å². The molecule has 1 heterocycles. The molecule has 0 aromatic heterocycles. The first-order chi connectivity index (χ1) is 9.97. The van der Waals surface area contributed by atoms with E-state index >= 15 is 0 Å². The van der Waals surface area contributed by atoms with Crippen molar-refractivity contribution < 1.29 is 9.72 Å². The highest BCUT2D eigenvalue weighted by Gasteiger charge is 2.31. The first-order valence-electron chi connectivity index (χ1n) is 7.36. The first-order valence-corrected chi connectivity index (χ1v) is 7.36. The second kappa shape index (κ2) is 5.02. The van der Waals surface area contributed by atoms with Crippen molar-refractivity contribution in [3.8, 4) is 0 Å². The summed E-state index contributed by atoms with van der Waals surface area (Å²) in [6.07, 6.45) is 5.42. The maximum atomic E-state index is 11.4. The number of anilines is 2. The second-order valence-electron chi connectivity index (χ2n) is 6.22. The number of rotatable bonds is 3. The lowest BCUT2D eigenvalue weighted by atomic mass is 9.97. The molecule has 3 rings (SSSR count). The fraction of sp³-hybridized carbons (Fsp3) is 0.533. The number of fused-ring (bicyclic) bond motifs is 1. The van der Waals surface area contributed by atoms with E-state index < -0.39 is 0 Å². The lowest BCUT2D eigenvalue weighted by molar-refractivity contribution is -0.383. The van der Waals surface area contributed by atoms with E-state index in [1.807, 2.05) is 6.07 Å². The molecule has 1 amide bonds. The van der Waals surface area contributed by atoms with Gasteiger partial charge < -0.3 is 10.6 Å². The highest BCUT2D eigenvalue weighted by molar-refractivity contribution is 5.95. The van der Waals surface area contributed by atoms with Crippen molar-refractivity contribution in [2.45, 2.75) is 51.0 Å². The predicted molar refractivity (Wildman–Crippen MR) is 80.5 cm³/mol. The summed E-state index contributed by atoms with van der Waals surface area (Å²) >= 11 is 0. The number of hydrogen-bond donors (Lipinski definition) is 2. The quantitative estimate of drug-likeness (QED) is 0.661. The minimum atomic E-state index is -0.387. The normalized spacial score (nSPS) is 19.8. The van der Waals surface area contributed by atoms with E-state index in [0.717, 1.165) is 31.2 Å². The van der Waals surface area contributed by atoms with Crippen molar-refractivity contribution in [3.63, 3.8) is 0 Å². The van der Waals surface area contributed by atoms with Crippen molar-refractivity contribution >= 4 is 23.0 Å². The molecule has 0 atom stereocenters. The predicted octanol–water partition coefficient (Wildman–Crippen LogP) is 3.22. The standard InChI is InChI=1S/C15H19N3O3/c1-15(6-2-3-7-15)17-12-8-10-4-5-14(19)16-11(10)9-13(12)18(20)21/h8-9,17H,2-7H2,1H3,(H,16,19). The van der Waals surface area contributed by atoms with Gasteiger partial charge >= 0.3 is 0 Å². The summed E-state index contributed by atoms with van der Waals surface area (Å²) in [6.45, 7) is 2.12. The van der Waals surface area contributed by atoms with Gasteiger partial charge in [0.15, 0.2) is 0 Å². The summed E-state index contributed by atoms with van der Waals surface area (Å²) in [5.74, 6) is -0.0831. The number of hydrogen-bond acceptors (Lipinski definition) is 4. The zero-order valence-electron chi connectivity index (χ0n) is 12.1. The Bertz CT molecular complexity index is 606. The average Bonchev–Trinajstić information content (AvgIpc) is 2.84. The highest BCUT2D eigenvalue weighted by atomic mass is 16.6. The Morgan fingerprint density at radius 2 is 2.00 bits per heavy atom. The molecule has 6 nitrogen and oxygen atoms in total. The van der Waals surface area contributed by atoms with E-state index in [9.17, 15) is 14.9 Å². The van der Waals surface area contributed by atoms with Gasteiger partial charge in [0, 0.05) is 18.0 Å². The fourth-order valence-electron chi connectivity index (χ4n) is 3.27. The number of nitrogens with zero attached hydrogens (tertiary/aromatic N) is 1. The summed E-state index contributed by atoms with van der Waals surface area (Å²) in [5, 5.41) is 17.4. The van der Waals surface area contributed by atoms with E-state index in [1.165, 1.54) is 6.07 Å². The molecule has 1 aromatic carbocycles. The monoisotopic (exact) mass is 289 g/mol. The molecule has 1 saturated carbocycles. The molecule has 0 spiro atoms. The number of aryl methyl sites for hydroxylation is 1. The van der Waals surface area contributed by atoms with Crippen LogP contribution in [0.4, 0.5) is 17.1 Å². The van der Waals surface area contributed by atoms with Gasteiger partial charge in [0.05, 0.1) is 10.6 Å². The van der Waals surface area contributed by atoms with Crippen molar-refractivity contribution in [2.24, 2.45) is 0 Å². The molecule has 2 aliphatic rings. The van der Waals surface area contributed by atoms with Crippen LogP contribution < -0.4 is 10.6 Å². The number of nitro benzene ring substituents is 1. The maximum Gasteiger partial charge on any atom is 0.294 e.